The third kappa shape index (κ3) is 1.55. The van der Waals surface area contributed by atoms with Crippen molar-refractivity contribution in [2.45, 2.75) is 38.1 Å². The Morgan fingerprint density at radius 2 is 1.48 bits per heavy atom. The smallest absolute Gasteiger partial charge is 0.145 e. The molecule has 2 atom stereocenters. The van der Waals surface area contributed by atoms with E-state index in [0.717, 1.165) is 12.8 Å². The molecule has 2 bridgehead atoms. The first kappa shape index (κ1) is 14.3. The zero-order valence-corrected chi connectivity index (χ0v) is 15.3. The summed E-state index contributed by atoms with van der Waals surface area (Å²) in [4.78, 5) is 0. The summed E-state index contributed by atoms with van der Waals surface area (Å²) in [6.45, 7) is 2.28. The molecule has 27 heavy (non-hydrogen) atoms. The molecule has 132 valence electrons. The van der Waals surface area contributed by atoms with Crippen LogP contribution in [0.4, 0.5) is 0 Å². The summed E-state index contributed by atoms with van der Waals surface area (Å²) in [5.74, 6) is 0. The lowest BCUT2D eigenvalue weighted by Gasteiger charge is -2.39. The fraction of sp³-hybridized carbons (Fsp3) is 0.250. The van der Waals surface area contributed by atoms with Gasteiger partial charge in [-0.2, -0.15) is 0 Å². The normalized spacial score (nSPS) is 24.4. The standard InChI is InChI=1S/C24H20N2O/c1-24-14-6-11-21(27-24)25-19-9-4-2-7-15(19)17-12-13-18-16-8-3-5-10-20(16)26(24)23(18)22(17)25/h2-5,7-10,12-13,21H,6,11,14H2,1H3/t21-,24+/m0/s1. The lowest BCUT2D eigenvalue weighted by Crippen LogP contribution is -2.37. The predicted octanol–water partition coefficient (Wildman–Crippen LogP) is 6.29. The molecule has 0 amide bonds. The van der Waals surface area contributed by atoms with Gasteiger partial charge in [0.05, 0.1) is 22.1 Å². The summed E-state index contributed by atoms with van der Waals surface area (Å²) < 4.78 is 11.8. The quantitative estimate of drug-likeness (QED) is 0.320. The van der Waals surface area contributed by atoms with Gasteiger partial charge in [0.25, 0.3) is 0 Å². The van der Waals surface area contributed by atoms with Crippen molar-refractivity contribution in [2.75, 3.05) is 0 Å². The molecule has 2 aliphatic rings. The molecule has 5 aromatic rings. The number of ether oxygens (including phenoxy) is 1. The zero-order chi connectivity index (χ0) is 17.8. The molecule has 7 rings (SSSR count). The molecule has 0 unspecified atom stereocenters. The van der Waals surface area contributed by atoms with Crippen molar-refractivity contribution in [3.05, 3.63) is 60.7 Å². The van der Waals surface area contributed by atoms with Gasteiger partial charge in [0.1, 0.15) is 12.0 Å². The summed E-state index contributed by atoms with van der Waals surface area (Å²) in [6, 6.07) is 22.2. The Bertz CT molecular complexity index is 1410. The maximum atomic E-state index is 6.86. The number of rotatable bonds is 0. The van der Waals surface area contributed by atoms with Crippen molar-refractivity contribution in [1.29, 1.82) is 0 Å². The number of fused-ring (bicyclic) bond motifs is 10. The number of hydrogen-bond acceptors (Lipinski definition) is 1. The van der Waals surface area contributed by atoms with Gasteiger partial charge in [0.2, 0.25) is 0 Å². The molecule has 1 saturated heterocycles. The van der Waals surface area contributed by atoms with Crippen LogP contribution in [0.3, 0.4) is 0 Å². The average molecular weight is 352 g/mol. The number of hydrogen-bond donors (Lipinski definition) is 0. The monoisotopic (exact) mass is 352 g/mol. The number of benzene rings is 3. The van der Waals surface area contributed by atoms with E-state index in [1.165, 1.54) is 50.0 Å². The second-order valence-electron chi connectivity index (χ2n) is 8.24. The minimum atomic E-state index is -0.307. The zero-order valence-electron chi connectivity index (χ0n) is 15.3. The van der Waals surface area contributed by atoms with Gasteiger partial charge in [-0.15, -0.1) is 0 Å². The number of para-hydroxylation sites is 2. The molecular weight excluding hydrogens is 332 g/mol. The van der Waals surface area contributed by atoms with Crippen molar-refractivity contribution in [3.63, 3.8) is 0 Å². The third-order valence-corrected chi connectivity index (χ3v) is 6.75. The van der Waals surface area contributed by atoms with E-state index in [1.807, 2.05) is 0 Å². The number of aromatic nitrogens is 2. The van der Waals surface area contributed by atoms with Crippen LogP contribution < -0.4 is 0 Å². The van der Waals surface area contributed by atoms with E-state index in [2.05, 4.69) is 76.7 Å². The highest BCUT2D eigenvalue weighted by Crippen LogP contribution is 2.50. The second kappa shape index (κ2) is 4.55. The van der Waals surface area contributed by atoms with Crippen LogP contribution in [0.15, 0.2) is 60.7 Å². The topological polar surface area (TPSA) is 19.1 Å². The summed E-state index contributed by atoms with van der Waals surface area (Å²) in [5.41, 5.74) is 4.92. The van der Waals surface area contributed by atoms with Crippen LogP contribution in [-0.4, -0.2) is 9.13 Å². The van der Waals surface area contributed by atoms with Gasteiger partial charge in [-0.1, -0.05) is 48.5 Å². The van der Waals surface area contributed by atoms with Crippen molar-refractivity contribution in [1.82, 2.24) is 9.13 Å². The average Bonchev–Trinajstić information content (AvgIpc) is 3.19. The molecule has 3 aromatic carbocycles. The minimum Gasteiger partial charge on any atom is -0.332 e. The van der Waals surface area contributed by atoms with E-state index in [9.17, 15) is 0 Å². The highest BCUT2D eigenvalue weighted by molar-refractivity contribution is 6.22. The summed E-state index contributed by atoms with van der Waals surface area (Å²) in [6.07, 6.45) is 3.39. The predicted molar refractivity (Wildman–Crippen MR) is 110 cm³/mol. The molecule has 0 spiro atoms. The van der Waals surface area contributed by atoms with E-state index >= 15 is 0 Å². The Labute approximate surface area is 156 Å². The third-order valence-electron chi connectivity index (χ3n) is 6.75. The van der Waals surface area contributed by atoms with E-state index in [0.29, 0.717) is 0 Å². The molecule has 3 nitrogen and oxygen atoms in total. The SMILES string of the molecule is C[C@]12CCC[C@H](O1)n1c3ccccc3c3ccc4c5ccccc5n2c4c31. The Hall–Kier alpha value is -2.78. The first-order chi connectivity index (χ1) is 13.3. The van der Waals surface area contributed by atoms with Crippen LogP contribution in [-0.2, 0) is 10.5 Å². The lowest BCUT2D eigenvalue weighted by atomic mass is 10.0. The van der Waals surface area contributed by atoms with Gasteiger partial charge < -0.3 is 13.9 Å². The van der Waals surface area contributed by atoms with Crippen LogP contribution in [0.5, 0.6) is 0 Å². The Balaban J connectivity index is 1.87. The number of nitrogens with zero attached hydrogens (tertiary/aromatic N) is 2. The largest absolute Gasteiger partial charge is 0.332 e. The van der Waals surface area contributed by atoms with Gasteiger partial charge in [-0.05, 0) is 38.3 Å². The highest BCUT2D eigenvalue weighted by Gasteiger charge is 2.41. The van der Waals surface area contributed by atoms with Crippen LogP contribution in [0, 0.1) is 0 Å². The molecule has 4 heterocycles. The summed E-state index contributed by atoms with van der Waals surface area (Å²) >= 11 is 0. The summed E-state index contributed by atoms with van der Waals surface area (Å²) in [7, 11) is 0. The molecule has 0 N–H and O–H groups in total. The van der Waals surface area contributed by atoms with Crippen LogP contribution in [0.2, 0.25) is 0 Å². The molecule has 3 heteroatoms. The van der Waals surface area contributed by atoms with Crippen LogP contribution in [0.25, 0.3) is 43.6 Å². The second-order valence-corrected chi connectivity index (χ2v) is 8.24. The maximum Gasteiger partial charge on any atom is 0.145 e. The molecule has 0 aliphatic carbocycles. The lowest BCUT2D eigenvalue weighted by molar-refractivity contribution is -0.186. The fourth-order valence-corrected chi connectivity index (χ4v) is 5.69. The summed E-state index contributed by atoms with van der Waals surface area (Å²) in [5, 5.41) is 5.31. The Kier molecular flexibility index (Phi) is 2.41. The highest BCUT2D eigenvalue weighted by atomic mass is 16.5. The van der Waals surface area contributed by atoms with E-state index in [4.69, 9.17) is 4.74 Å². The fourth-order valence-electron chi connectivity index (χ4n) is 5.69. The van der Waals surface area contributed by atoms with Crippen molar-refractivity contribution >= 4 is 43.6 Å². The molecule has 2 aromatic heterocycles. The van der Waals surface area contributed by atoms with Crippen molar-refractivity contribution in [2.24, 2.45) is 0 Å². The molecule has 2 aliphatic heterocycles. The van der Waals surface area contributed by atoms with Crippen molar-refractivity contribution in [3.8, 4) is 0 Å². The first-order valence-corrected chi connectivity index (χ1v) is 9.89. The van der Waals surface area contributed by atoms with Gasteiger partial charge in [0.15, 0.2) is 0 Å². The van der Waals surface area contributed by atoms with E-state index in [1.54, 1.807) is 0 Å². The van der Waals surface area contributed by atoms with Gasteiger partial charge in [0, 0.05) is 21.5 Å². The molecule has 0 radical (unpaired) electrons. The molecule has 1 fully saturated rings. The molecular formula is C24H20N2O. The van der Waals surface area contributed by atoms with Gasteiger partial charge in [-0.25, -0.2) is 0 Å². The van der Waals surface area contributed by atoms with E-state index < -0.39 is 0 Å². The molecule has 0 saturated carbocycles. The maximum absolute atomic E-state index is 6.86. The Morgan fingerprint density at radius 3 is 2.30 bits per heavy atom. The van der Waals surface area contributed by atoms with Crippen LogP contribution in [0.1, 0.15) is 32.4 Å². The van der Waals surface area contributed by atoms with Gasteiger partial charge in [-0.3, -0.25) is 0 Å². The van der Waals surface area contributed by atoms with Crippen molar-refractivity contribution < 1.29 is 4.74 Å². The minimum absolute atomic E-state index is 0.0930. The van der Waals surface area contributed by atoms with Gasteiger partial charge >= 0.3 is 0 Å². The van der Waals surface area contributed by atoms with E-state index in [-0.39, 0.29) is 12.0 Å². The van der Waals surface area contributed by atoms with Crippen LogP contribution >= 0.6 is 0 Å². The first-order valence-electron chi connectivity index (χ1n) is 9.89. The Morgan fingerprint density at radius 1 is 0.815 bits per heavy atom.